The molecule has 5 nitrogen and oxygen atoms in total. The van der Waals surface area contributed by atoms with Crippen molar-refractivity contribution in [2.24, 2.45) is 23.7 Å². The van der Waals surface area contributed by atoms with Crippen LogP contribution in [0.5, 0.6) is 5.75 Å². The summed E-state index contributed by atoms with van der Waals surface area (Å²) >= 11 is 0. The van der Waals surface area contributed by atoms with Crippen molar-refractivity contribution in [2.45, 2.75) is 73.3 Å². The summed E-state index contributed by atoms with van der Waals surface area (Å²) in [6, 6.07) is 7.70. The van der Waals surface area contributed by atoms with Gasteiger partial charge in [-0.15, -0.1) is 0 Å². The number of carbonyl (C=O) groups excluding carboxylic acids is 1. The Bertz CT molecular complexity index is 667. The molecule has 1 aromatic rings. The van der Waals surface area contributed by atoms with Crippen LogP contribution in [-0.2, 0) is 9.53 Å². The molecular weight excluding hydrogens is 400 g/mol. The van der Waals surface area contributed by atoms with Crippen LogP contribution in [0.3, 0.4) is 0 Å². The van der Waals surface area contributed by atoms with Crippen molar-refractivity contribution < 1.29 is 14.3 Å². The van der Waals surface area contributed by atoms with Crippen molar-refractivity contribution in [2.75, 3.05) is 38.2 Å². The number of nitrogens with zero attached hydrogens (tertiary/aromatic N) is 1. The summed E-state index contributed by atoms with van der Waals surface area (Å²) in [5.74, 6) is 3.04. The van der Waals surface area contributed by atoms with E-state index in [4.69, 9.17) is 9.47 Å². The number of hydrogen-bond acceptors (Lipinski definition) is 4. The van der Waals surface area contributed by atoms with Gasteiger partial charge in [0.05, 0.1) is 0 Å². The fraction of sp³-hybridized carbons (Fsp3) is 0.741. The van der Waals surface area contributed by atoms with Gasteiger partial charge >= 0.3 is 0 Å². The van der Waals surface area contributed by atoms with Crippen LogP contribution in [-0.4, -0.2) is 49.3 Å². The van der Waals surface area contributed by atoms with Crippen molar-refractivity contribution in [3.63, 3.8) is 0 Å². The molecule has 5 heteroatoms. The number of nitrogens with one attached hydrogen (secondary N) is 1. The summed E-state index contributed by atoms with van der Waals surface area (Å²) < 4.78 is 12.1. The standard InChI is InChI=1S/C27H46N2O3/c1-8-32-27(16-20(2)3,17-21(4)5)26(30)28-24-9-11-25(12-10-24)31-14-13-29-18-22(6)15-23(7)19-29/h9-12,20-23H,8,13-19H2,1-7H3,(H,28,30)/t22-,23-/m1/s1. The van der Waals surface area contributed by atoms with E-state index in [0.29, 0.717) is 37.9 Å². The average molecular weight is 447 g/mol. The number of anilines is 1. The van der Waals surface area contributed by atoms with Crippen LogP contribution in [0.4, 0.5) is 5.69 Å². The fourth-order valence-corrected chi connectivity index (χ4v) is 5.19. The summed E-state index contributed by atoms with van der Waals surface area (Å²) in [7, 11) is 0. The van der Waals surface area contributed by atoms with Gasteiger partial charge in [-0.2, -0.15) is 0 Å². The van der Waals surface area contributed by atoms with Gasteiger partial charge in [0.25, 0.3) is 5.91 Å². The third-order valence-electron chi connectivity index (χ3n) is 6.04. The molecule has 1 N–H and O–H groups in total. The van der Waals surface area contributed by atoms with Crippen LogP contribution in [0, 0.1) is 23.7 Å². The molecule has 1 amide bonds. The zero-order valence-electron chi connectivity index (χ0n) is 21.4. The molecular formula is C27H46N2O3. The Kier molecular flexibility index (Phi) is 10.5. The molecule has 182 valence electrons. The summed E-state index contributed by atoms with van der Waals surface area (Å²) in [6.07, 6.45) is 2.74. The third-order valence-corrected chi connectivity index (χ3v) is 6.04. The van der Waals surface area contributed by atoms with Crippen molar-refractivity contribution in [1.29, 1.82) is 0 Å². The predicted octanol–water partition coefficient (Wildman–Crippen LogP) is 5.85. The fourth-order valence-electron chi connectivity index (χ4n) is 5.19. The number of ether oxygens (including phenoxy) is 2. The normalized spacial score (nSPS) is 20.0. The maximum atomic E-state index is 13.3. The lowest BCUT2D eigenvalue weighted by Crippen LogP contribution is -2.47. The van der Waals surface area contributed by atoms with Gasteiger partial charge in [-0.25, -0.2) is 0 Å². The molecule has 1 aromatic carbocycles. The molecule has 0 radical (unpaired) electrons. The zero-order chi connectivity index (χ0) is 23.7. The van der Waals surface area contributed by atoms with Crippen LogP contribution in [0.1, 0.15) is 67.7 Å². The maximum absolute atomic E-state index is 13.3. The Morgan fingerprint density at radius 1 is 1.06 bits per heavy atom. The van der Waals surface area contributed by atoms with E-state index in [-0.39, 0.29) is 5.91 Å². The molecule has 1 saturated heterocycles. The second-order valence-electron chi connectivity index (χ2n) is 10.7. The average Bonchev–Trinajstić information content (AvgIpc) is 2.67. The van der Waals surface area contributed by atoms with Crippen molar-refractivity contribution >= 4 is 11.6 Å². The van der Waals surface area contributed by atoms with Gasteiger partial charge in [0.15, 0.2) is 0 Å². The number of hydrogen-bond donors (Lipinski definition) is 1. The quantitative estimate of drug-likeness (QED) is 0.438. The summed E-state index contributed by atoms with van der Waals surface area (Å²) in [6.45, 7) is 19.6. The minimum atomic E-state index is -0.797. The van der Waals surface area contributed by atoms with E-state index in [2.05, 4.69) is 51.8 Å². The Morgan fingerprint density at radius 2 is 1.62 bits per heavy atom. The number of carbonyl (C=O) groups is 1. The minimum Gasteiger partial charge on any atom is -0.492 e. The lowest BCUT2D eigenvalue weighted by Gasteiger charge is -2.35. The first-order valence-electron chi connectivity index (χ1n) is 12.5. The van der Waals surface area contributed by atoms with E-state index in [0.717, 1.165) is 42.9 Å². The SMILES string of the molecule is CCOC(CC(C)C)(CC(C)C)C(=O)Nc1ccc(OCCN2C[C@H](C)C[C@@H](C)C2)cc1. The second-order valence-corrected chi connectivity index (χ2v) is 10.7. The van der Waals surface area contributed by atoms with Gasteiger partial charge in [0, 0.05) is 31.9 Å². The molecule has 32 heavy (non-hydrogen) atoms. The van der Waals surface area contributed by atoms with Crippen LogP contribution in [0.2, 0.25) is 0 Å². The summed E-state index contributed by atoms with van der Waals surface area (Å²) in [4.78, 5) is 15.8. The summed E-state index contributed by atoms with van der Waals surface area (Å²) in [5, 5.41) is 3.10. The number of likely N-dealkylation sites (tertiary alicyclic amines) is 1. The lowest BCUT2D eigenvalue weighted by atomic mass is 9.83. The molecule has 0 saturated carbocycles. The first-order chi connectivity index (χ1) is 15.1. The van der Waals surface area contributed by atoms with Crippen LogP contribution >= 0.6 is 0 Å². The molecule has 1 aliphatic heterocycles. The molecule has 1 fully saturated rings. The Balaban J connectivity index is 1.93. The smallest absolute Gasteiger partial charge is 0.256 e. The topological polar surface area (TPSA) is 50.8 Å². The predicted molar refractivity (Wildman–Crippen MR) is 133 cm³/mol. The first-order valence-corrected chi connectivity index (χ1v) is 12.5. The molecule has 0 aromatic heterocycles. The highest BCUT2D eigenvalue weighted by atomic mass is 16.5. The summed E-state index contributed by atoms with van der Waals surface area (Å²) in [5.41, 5.74) is -0.0211. The zero-order valence-corrected chi connectivity index (χ0v) is 21.4. The highest BCUT2D eigenvalue weighted by molar-refractivity contribution is 5.97. The van der Waals surface area contributed by atoms with E-state index in [1.54, 1.807) is 0 Å². The molecule has 1 heterocycles. The molecule has 1 aliphatic rings. The first kappa shape index (κ1) is 26.7. The van der Waals surface area contributed by atoms with Gasteiger partial charge in [0.2, 0.25) is 0 Å². The molecule has 0 bridgehead atoms. The van der Waals surface area contributed by atoms with E-state index >= 15 is 0 Å². The molecule has 0 unspecified atom stereocenters. The van der Waals surface area contributed by atoms with Gasteiger partial charge in [-0.05, 0) is 74.1 Å². The third kappa shape index (κ3) is 8.40. The Labute approximate surface area is 196 Å². The van der Waals surface area contributed by atoms with E-state index < -0.39 is 5.60 Å². The van der Waals surface area contributed by atoms with Gasteiger partial charge in [-0.1, -0.05) is 41.5 Å². The van der Waals surface area contributed by atoms with Crippen molar-refractivity contribution in [3.8, 4) is 5.75 Å². The molecule has 0 aliphatic carbocycles. The van der Waals surface area contributed by atoms with Crippen molar-refractivity contribution in [1.82, 2.24) is 4.90 Å². The van der Waals surface area contributed by atoms with E-state index in [1.807, 2.05) is 31.2 Å². The lowest BCUT2D eigenvalue weighted by molar-refractivity contribution is -0.146. The highest BCUT2D eigenvalue weighted by Gasteiger charge is 2.40. The largest absolute Gasteiger partial charge is 0.492 e. The Morgan fingerprint density at radius 3 is 2.12 bits per heavy atom. The van der Waals surface area contributed by atoms with Gasteiger partial charge < -0.3 is 14.8 Å². The second kappa shape index (κ2) is 12.6. The molecule has 2 atom stereocenters. The molecule has 2 rings (SSSR count). The van der Waals surface area contributed by atoms with E-state index in [9.17, 15) is 4.79 Å². The highest BCUT2D eigenvalue weighted by Crippen LogP contribution is 2.31. The number of piperidine rings is 1. The maximum Gasteiger partial charge on any atom is 0.256 e. The monoisotopic (exact) mass is 446 g/mol. The number of amides is 1. The Hall–Kier alpha value is -1.59. The van der Waals surface area contributed by atoms with Crippen LogP contribution in [0.25, 0.3) is 0 Å². The van der Waals surface area contributed by atoms with Gasteiger partial charge in [-0.3, -0.25) is 9.69 Å². The number of benzene rings is 1. The van der Waals surface area contributed by atoms with Gasteiger partial charge in [0.1, 0.15) is 18.0 Å². The van der Waals surface area contributed by atoms with Crippen LogP contribution in [0.15, 0.2) is 24.3 Å². The van der Waals surface area contributed by atoms with Crippen molar-refractivity contribution in [3.05, 3.63) is 24.3 Å². The van der Waals surface area contributed by atoms with Crippen LogP contribution < -0.4 is 10.1 Å². The number of rotatable bonds is 12. The van der Waals surface area contributed by atoms with E-state index in [1.165, 1.54) is 6.42 Å². The minimum absolute atomic E-state index is 0.0521. The molecule has 0 spiro atoms.